The molecule has 1 aliphatic heterocycles. The molecular weight excluding hydrogens is 262 g/mol. The number of aryl methyl sites for hydroxylation is 2. The number of carbonyl (C=O) groups is 1. The standard InChI is InChI=1S/C17H27N3O/c1-13-5-6-14(2)16(10-13)19-17(21)12-20-9-3-4-15(11-20)7-8-18/h5-6,10,15H,3-4,7-9,11-12,18H2,1-2H3,(H,19,21). The molecular formula is C17H27N3O. The van der Waals surface area contributed by atoms with E-state index < -0.39 is 0 Å². The van der Waals surface area contributed by atoms with E-state index in [4.69, 9.17) is 5.73 Å². The van der Waals surface area contributed by atoms with Crippen LogP contribution >= 0.6 is 0 Å². The van der Waals surface area contributed by atoms with Gasteiger partial charge in [-0.15, -0.1) is 0 Å². The van der Waals surface area contributed by atoms with Crippen molar-refractivity contribution < 1.29 is 4.79 Å². The fourth-order valence-corrected chi connectivity index (χ4v) is 3.03. The highest BCUT2D eigenvalue weighted by molar-refractivity contribution is 5.93. The van der Waals surface area contributed by atoms with E-state index in [1.165, 1.54) is 12.8 Å². The Morgan fingerprint density at radius 1 is 1.43 bits per heavy atom. The number of nitrogens with two attached hydrogens (primary N) is 1. The van der Waals surface area contributed by atoms with E-state index in [-0.39, 0.29) is 5.91 Å². The lowest BCUT2D eigenvalue weighted by molar-refractivity contribution is -0.117. The number of nitrogens with one attached hydrogen (secondary N) is 1. The molecule has 0 aromatic heterocycles. The summed E-state index contributed by atoms with van der Waals surface area (Å²) in [5.74, 6) is 0.731. The number of nitrogens with zero attached hydrogens (tertiary/aromatic N) is 1. The first-order valence-corrected chi connectivity index (χ1v) is 7.88. The maximum Gasteiger partial charge on any atom is 0.238 e. The van der Waals surface area contributed by atoms with E-state index in [2.05, 4.69) is 16.3 Å². The second-order valence-electron chi connectivity index (χ2n) is 6.19. The number of rotatable bonds is 5. The summed E-state index contributed by atoms with van der Waals surface area (Å²) in [5.41, 5.74) is 8.84. The monoisotopic (exact) mass is 289 g/mol. The molecule has 116 valence electrons. The summed E-state index contributed by atoms with van der Waals surface area (Å²) in [5, 5.41) is 3.04. The van der Waals surface area contributed by atoms with Crippen molar-refractivity contribution in [1.29, 1.82) is 0 Å². The Hall–Kier alpha value is -1.39. The summed E-state index contributed by atoms with van der Waals surface area (Å²) in [6.45, 7) is 7.30. The van der Waals surface area contributed by atoms with Crippen molar-refractivity contribution in [1.82, 2.24) is 4.90 Å². The van der Waals surface area contributed by atoms with Crippen molar-refractivity contribution in [2.24, 2.45) is 11.7 Å². The summed E-state index contributed by atoms with van der Waals surface area (Å²) in [6, 6.07) is 6.14. The van der Waals surface area contributed by atoms with Crippen molar-refractivity contribution in [3.8, 4) is 0 Å². The SMILES string of the molecule is Cc1ccc(C)c(NC(=O)CN2CCCC(CCN)C2)c1. The van der Waals surface area contributed by atoms with Gasteiger partial charge in [-0.25, -0.2) is 0 Å². The van der Waals surface area contributed by atoms with Crippen molar-refractivity contribution >= 4 is 11.6 Å². The number of hydrogen-bond acceptors (Lipinski definition) is 3. The van der Waals surface area contributed by atoms with E-state index in [1.807, 2.05) is 26.0 Å². The molecule has 4 nitrogen and oxygen atoms in total. The molecule has 1 aromatic rings. The zero-order chi connectivity index (χ0) is 15.2. The van der Waals surface area contributed by atoms with Gasteiger partial charge in [0.05, 0.1) is 6.54 Å². The van der Waals surface area contributed by atoms with Gasteiger partial charge < -0.3 is 11.1 Å². The third kappa shape index (κ3) is 4.83. The van der Waals surface area contributed by atoms with Gasteiger partial charge in [0.1, 0.15) is 0 Å². The summed E-state index contributed by atoms with van der Waals surface area (Å²) in [4.78, 5) is 14.5. The molecule has 1 fully saturated rings. The second-order valence-corrected chi connectivity index (χ2v) is 6.19. The highest BCUT2D eigenvalue weighted by Gasteiger charge is 2.21. The van der Waals surface area contributed by atoms with Crippen molar-refractivity contribution in [2.45, 2.75) is 33.1 Å². The van der Waals surface area contributed by atoms with Crippen LogP contribution in [0.4, 0.5) is 5.69 Å². The molecule has 1 saturated heterocycles. The van der Waals surface area contributed by atoms with Crippen LogP contribution in [0.1, 0.15) is 30.4 Å². The fraction of sp³-hybridized carbons (Fsp3) is 0.588. The molecule has 2 rings (SSSR count). The molecule has 21 heavy (non-hydrogen) atoms. The van der Waals surface area contributed by atoms with E-state index in [0.717, 1.165) is 42.9 Å². The van der Waals surface area contributed by atoms with Gasteiger partial charge in [0.15, 0.2) is 0 Å². The molecule has 3 N–H and O–H groups in total. The molecule has 1 unspecified atom stereocenters. The minimum atomic E-state index is 0.0806. The third-order valence-electron chi connectivity index (χ3n) is 4.21. The predicted molar refractivity (Wildman–Crippen MR) is 87.4 cm³/mol. The van der Waals surface area contributed by atoms with Crippen molar-refractivity contribution in [2.75, 3.05) is 31.5 Å². The lowest BCUT2D eigenvalue weighted by Crippen LogP contribution is -2.41. The van der Waals surface area contributed by atoms with Crippen LogP contribution in [-0.4, -0.2) is 37.0 Å². The summed E-state index contributed by atoms with van der Waals surface area (Å²) < 4.78 is 0. The third-order valence-corrected chi connectivity index (χ3v) is 4.21. The lowest BCUT2D eigenvalue weighted by Gasteiger charge is -2.32. The topological polar surface area (TPSA) is 58.4 Å². The van der Waals surface area contributed by atoms with Crippen LogP contribution in [0.25, 0.3) is 0 Å². The van der Waals surface area contributed by atoms with Crippen molar-refractivity contribution in [3.05, 3.63) is 29.3 Å². The van der Waals surface area contributed by atoms with E-state index in [1.54, 1.807) is 0 Å². The Morgan fingerprint density at radius 2 is 2.24 bits per heavy atom. The lowest BCUT2D eigenvalue weighted by atomic mass is 9.95. The number of benzene rings is 1. The maximum atomic E-state index is 12.2. The Kier molecular flexibility index (Phi) is 5.76. The molecule has 1 aliphatic rings. The predicted octanol–water partition coefficient (Wildman–Crippen LogP) is 2.30. The summed E-state index contributed by atoms with van der Waals surface area (Å²) >= 11 is 0. The van der Waals surface area contributed by atoms with Gasteiger partial charge in [-0.3, -0.25) is 9.69 Å². The molecule has 0 saturated carbocycles. The molecule has 4 heteroatoms. The first-order chi connectivity index (χ1) is 10.1. The second kappa shape index (κ2) is 7.57. The van der Waals surface area contributed by atoms with Crippen LogP contribution in [-0.2, 0) is 4.79 Å². The first-order valence-electron chi connectivity index (χ1n) is 7.88. The number of hydrogen-bond donors (Lipinski definition) is 2. The van der Waals surface area contributed by atoms with Gasteiger partial charge in [-0.2, -0.15) is 0 Å². The average Bonchev–Trinajstić information content (AvgIpc) is 2.43. The number of piperidine rings is 1. The van der Waals surface area contributed by atoms with Crippen LogP contribution < -0.4 is 11.1 Å². The normalized spacial score (nSPS) is 19.5. The van der Waals surface area contributed by atoms with Crippen LogP contribution in [0.3, 0.4) is 0 Å². The van der Waals surface area contributed by atoms with Gasteiger partial charge in [-0.1, -0.05) is 12.1 Å². The largest absolute Gasteiger partial charge is 0.330 e. The quantitative estimate of drug-likeness (QED) is 0.874. The highest BCUT2D eigenvalue weighted by atomic mass is 16.2. The fourth-order valence-electron chi connectivity index (χ4n) is 3.03. The first kappa shape index (κ1) is 16.0. The van der Waals surface area contributed by atoms with Crippen LogP contribution in [0, 0.1) is 19.8 Å². The smallest absolute Gasteiger partial charge is 0.238 e. The minimum absolute atomic E-state index is 0.0806. The number of amides is 1. The maximum absolute atomic E-state index is 12.2. The Labute approximate surface area is 127 Å². The number of likely N-dealkylation sites (tertiary alicyclic amines) is 1. The van der Waals surface area contributed by atoms with Gasteiger partial charge in [0.2, 0.25) is 5.91 Å². The van der Waals surface area contributed by atoms with Crippen LogP contribution in [0.15, 0.2) is 18.2 Å². The number of carbonyl (C=O) groups excluding carboxylic acids is 1. The minimum Gasteiger partial charge on any atom is -0.330 e. The van der Waals surface area contributed by atoms with Crippen molar-refractivity contribution in [3.63, 3.8) is 0 Å². The molecule has 1 aromatic carbocycles. The van der Waals surface area contributed by atoms with Gasteiger partial charge in [-0.05, 0) is 69.3 Å². The van der Waals surface area contributed by atoms with Crippen LogP contribution in [0.2, 0.25) is 0 Å². The molecule has 1 amide bonds. The van der Waals surface area contributed by atoms with Gasteiger partial charge >= 0.3 is 0 Å². The van der Waals surface area contributed by atoms with Gasteiger partial charge in [0, 0.05) is 12.2 Å². The zero-order valence-electron chi connectivity index (χ0n) is 13.2. The molecule has 0 aliphatic carbocycles. The Balaban J connectivity index is 1.88. The number of anilines is 1. The molecule has 0 radical (unpaired) electrons. The van der Waals surface area contributed by atoms with E-state index in [9.17, 15) is 4.79 Å². The highest BCUT2D eigenvalue weighted by Crippen LogP contribution is 2.19. The average molecular weight is 289 g/mol. The van der Waals surface area contributed by atoms with E-state index in [0.29, 0.717) is 12.5 Å². The molecule has 1 heterocycles. The molecule has 0 bridgehead atoms. The Morgan fingerprint density at radius 3 is 3.00 bits per heavy atom. The summed E-state index contributed by atoms with van der Waals surface area (Å²) in [7, 11) is 0. The van der Waals surface area contributed by atoms with Crippen LogP contribution in [0.5, 0.6) is 0 Å². The molecule has 0 spiro atoms. The Bertz CT molecular complexity index is 485. The molecule has 1 atom stereocenters. The summed E-state index contributed by atoms with van der Waals surface area (Å²) in [6.07, 6.45) is 3.48. The zero-order valence-corrected chi connectivity index (χ0v) is 13.2. The van der Waals surface area contributed by atoms with E-state index >= 15 is 0 Å². The van der Waals surface area contributed by atoms with Gasteiger partial charge in [0.25, 0.3) is 0 Å².